The lowest BCUT2D eigenvalue weighted by Gasteiger charge is -2.16. The smallest absolute Gasteiger partial charge is 0.238 e. The predicted molar refractivity (Wildman–Crippen MR) is 146 cm³/mol. The van der Waals surface area contributed by atoms with Crippen molar-refractivity contribution < 1.29 is 9.59 Å². The molecular weight excluding hydrogens is 462 g/mol. The van der Waals surface area contributed by atoms with Crippen LogP contribution < -0.4 is 10.6 Å². The molecule has 0 bridgehead atoms. The number of amides is 2. The number of H-pyrrole nitrogens is 1. The molecule has 2 heterocycles. The second-order valence-corrected chi connectivity index (χ2v) is 10.3. The van der Waals surface area contributed by atoms with E-state index in [1.54, 1.807) is 4.90 Å². The Morgan fingerprint density at radius 2 is 1.97 bits per heavy atom. The fraction of sp³-hybridized carbons (Fsp3) is 0.233. The number of benzene rings is 3. The Hall–Kier alpha value is -4.23. The molecule has 3 aromatic carbocycles. The molecule has 1 aliphatic heterocycles. The van der Waals surface area contributed by atoms with E-state index in [1.807, 2.05) is 30.3 Å². The molecule has 6 rings (SSSR count). The second-order valence-electron chi connectivity index (χ2n) is 10.3. The molecule has 7 nitrogen and oxygen atoms in total. The van der Waals surface area contributed by atoms with Gasteiger partial charge in [0.15, 0.2) is 0 Å². The molecule has 4 aromatic rings. The van der Waals surface area contributed by atoms with Crippen molar-refractivity contribution in [3.8, 4) is 0 Å². The first-order valence-electron chi connectivity index (χ1n) is 12.5. The van der Waals surface area contributed by atoms with E-state index < -0.39 is 11.3 Å². The summed E-state index contributed by atoms with van der Waals surface area (Å²) in [6.45, 7) is 0.795. The van der Waals surface area contributed by atoms with Crippen LogP contribution in [0.15, 0.2) is 66.7 Å². The largest absolute Gasteiger partial charge is 0.368 e. The number of primary amides is 1. The number of nitrogens with zero attached hydrogens (tertiary/aromatic N) is 3. The molecule has 1 saturated carbocycles. The zero-order valence-electron chi connectivity index (χ0n) is 20.9. The SMILES string of the molecule is CN(C)Cc1cccc(/C=C/c2n[nH]c3cc([C@@H]4CC45C(=O)N(CC(N)=O)c4ccccc45)ccc23)c1. The predicted octanol–water partition coefficient (Wildman–Crippen LogP) is 4.05. The maximum atomic E-state index is 13.5. The van der Waals surface area contributed by atoms with E-state index in [2.05, 4.69) is 77.7 Å². The standard InChI is InChI=1S/C30H29N5O2/c1-34(2)17-20-7-5-6-19(14-20)10-13-25-22-12-11-21(15-26(22)33-32-25)24-16-30(24)23-8-3-4-9-27(23)35(29(30)37)18-28(31)36/h3-15,24H,16-18H2,1-2H3,(H2,31,36)(H,32,33)/b13-10+/t24-,30?/m0/s1. The maximum Gasteiger partial charge on any atom is 0.238 e. The molecule has 2 amide bonds. The third-order valence-corrected chi connectivity index (χ3v) is 7.48. The molecule has 7 heteroatoms. The molecule has 2 atom stereocenters. The van der Waals surface area contributed by atoms with Gasteiger partial charge in [0.1, 0.15) is 6.54 Å². The molecule has 1 aromatic heterocycles. The first-order valence-corrected chi connectivity index (χ1v) is 12.5. The Morgan fingerprint density at radius 3 is 2.78 bits per heavy atom. The lowest BCUT2D eigenvalue weighted by molar-refractivity contribution is -0.123. The molecule has 3 N–H and O–H groups in total. The molecule has 1 unspecified atom stereocenters. The Morgan fingerprint density at radius 1 is 1.14 bits per heavy atom. The summed E-state index contributed by atoms with van der Waals surface area (Å²) in [6.07, 6.45) is 4.83. The van der Waals surface area contributed by atoms with Gasteiger partial charge in [-0.25, -0.2) is 0 Å². The van der Waals surface area contributed by atoms with Crippen LogP contribution in [0, 0.1) is 0 Å². The van der Waals surface area contributed by atoms with Gasteiger partial charge in [-0.05, 0) is 61.0 Å². The van der Waals surface area contributed by atoms with Gasteiger partial charge in [-0.2, -0.15) is 5.10 Å². The van der Waals surface area contributed by atoms with E-state index in [4.69, 9.17) is 5.73 Å². The fourth-order valence-electron chi connectivity index (χ4n) is 5.80. The van der Waals surface area contributed by atoms with Crippen molar-refractivity contribution in [1.82, 2.24) is 15.1 Å². The summed E-state index contributed by atoms with van der Waals surface area (Å²) in [5, 5.41) is 8.74. The summed E-state index contributed by atoms with van der Waals surface area (Å²) in [4.78, 5) is 28.9. The van der Waals surface area contributed by atoms with Crippen LogP contribution in [0.1, 0.15) is 40.3 Å². The summed E-state index contributed by atoms with van der Waals surface area (Å²) in [5.41, 5.74) is 11.9. The highest BCUT2D eigenvalue weighted by Gasteiger charge is 2.67. The maximum absolute atomic E-state index is 13.5. The zero-order chi connectivity index (χ0) is 25.7. The first kappa shape index (κ1) is 23.2. The van der Waals surface area contributed by atoms with Crippen LogP contribution in [-0.4, -0.2) is 47.6 Å². The van der Waals surface area contributed by atoms with Crippen molar-refractivity contribution in [3.05, 3.63) is 94.7 Å². The van der Waals surface area contributed by atoms with Gasteiger partial charge in [0.05, 0.1) is 16.6 Å². The van der Waals surface area contributed by atoms with Gasteiger partial charge in [0, 0.05) is 23.5 Å². The number of carbonyl (C=O) groups excluding carboxylic acids is 2. The van der Waals surface area contributed by atoms with Gasteiger partial charge in [-0.15, -0.1) is 0 Å². The molecule has 0 saturated heterocycles. The van der Waals surface area contributed by atoms with Gasteiger partial charge in [0.25, 0.3) is 0 Å². The number of nitrogens with two attached hydrogens (primary N) is 1. The number of anilines is 1. The number of nitrogens with one attached hydrogen (secondary N) is 1. The normalized spacial score (nSPS) is 20.5. The summed E-state index contributed by atoms with van der Waals surface area (Å²) in [6, 6.07) is 22.5. The number of rotatable bonds is 7. The van der Waals surface area contributed by atoms with Crippen LogP contribution in [0.3, 0.4) is 0 Å². The van der Waals surface area contributed by atoms with Crippen LogP contribution in [0.5, 0.6) is 0 Å². The topological polar surface area (TPSA) is 95.3 Å². The van der Waals surface area contributed by atoms with Crippen LogP contribution in [0.4, 0.5) is 5.69 Å². The minimum absolute atomic E-state index is 0.0395. The van der Waals surface area contributed by atoms with E-state index in [1.165, 1.54) is 5.56 Å². The van der Waals surface area contributed by atoms with Crippen LogP contribution in [-0.2, 0) is 21.5 Å². The van der Waals surface area contributed by atoms with E-state index in [0.29, 0.717) is 6.42 Å². The highest BCUT2D eigenvalue weighted by molar-refractivity contribution is 6.13. The number of fused-ring (bicyclic) bond motifs is 3. The highest BCUT2D eigenvalue weighted by atomic mass is 16.2. The molecule has 2 aliphatic rings. The molecule has 1 fully saturated rings. The highest BCUT2D eigenvalue weighted by Crippen LogP contribution is 2.66. The lowest BCUT2D eigenvalue weighted by Crippen LogP contribution is -2.39. The van der Waals surface area contributed by atoms with Crippen molar-refractivity contribution in [2.24, 2.45) is 5.73 Å². The number of aromatic amines is 1. The molecule has 1 spiro atoms. The van der Waals surface area contributed by atoms with Gasteiger partial charge < -0.3 is 15.5 Å². The minimum atomic E-state index is -0.625. The number of para-hydroxylation sites is 1. The summed E-state index contributed by atoms with van der Waals surface area (Å²) >= 11 is 0. The summed E-state index contributed by atoms with van der Waals surface area (Å²) < 4.78 is 0. The van der Waals surface area contributed by atoms with Crippen LogP contribution in [0.2, 0.25) is 0 Å². The Bertz CT molecular complexity index is 1570. The number of hydrogen-bond acceptors (Lipinski definition) is 4. The molecule has 1 aliphatic carbocycles. The van der Waals surface area contributed by atoms with Gasteiger partial charge in [0.2, 0.25) is 11.8 Å². The van der Waals surface area contributed by atoms with E-state index in [0.717, 1.165) is 45.5 Å². The van der Waals surface area contributed by atoms with Crippen LogP contribution >= 0.6 is 0 Å². The molecule has 0 radical (unpaired) electrons. The van der Waals surface area contributed by atoms with Crippen molar-refractivity contribution in [2.45, 2.75) is 24.3 Å². The summed E-state index contributed by atoms with van der Waals surface area (Å²) in [5.74, 6) is -0.506. The van der Waals surface area contributed by atoms with Crippen LogP contribution in [0.25, 0.3) is 23.1 Å². The van der Waals surface area contributed by atoms with Gasteiger partial charge in [-0.3, -0.25) is 14.7 Å². The number of aromatic nitrogens is 2. The summed E-state index contributed by atoms with van der Waals surface area (Å²) in [7, 11) is 4.13. The third kappa shape index (κ3) is 3.92. The minimum Gasteiger partial charge on any atom is -0.368 e. The van der Waals surface area contributed by atoms with Crippen molar-refractivity contribution in [2.75, 3.05) is 25.5 Å². The van der Waals surface area contributed by atoms with Crippen molar-refractivity contribution in [1.29, 1.82) is 0 Å². The van der Waals surface area contributed by atoms with E-state index in [-0.39, 0.29) is 18.4 Å². The van der Waals surface area contributed by atoms with E-state index >= 15 is 0 Å². The zero-order valence-corrected chi connectivity index (χ0v) is 20.9. The Balaban J connectivity index is 1.27. The fourth-order valence-corrected chi connectivity index (χ4v) is 5.80. The van der Waals surface area contributed by atoms with Gasteiger partial charge in [-0.1, -0.05) is 60.7 Å². The molecule has 186 valence electrons. The average molecular weight is 492 g/mol. The third-order valence-electron chi connectivity index (χ3n) is 7.48. The quantitative estimate of drug-likeness (QED) is 0.408. The molecular formula is C30H29N5O2. The van der Waals surface area contributed by atoms with Crippen molar-refractivity contribution >= 4 is 40.6 Å². The van der Waals surface area contributed by atoms with Gasteiger partial charge >= 0.3 is 0 Å². The number of hydrogen-bond donors (Lipinski definition) is 2. The van der Waals surface area contributed by atoms with E-state index in [9.17, 15) is 9.59 Å². The monoisotopic (exact) mass is 491 g/mol. The Kier molecular flexibility index (Phi) is 5.46. The first-order chi connectivity index (χ1) is 17.9. The average Bonchev–Trinajstić information content (AvgIpc) is 3.44. The number of carbonyl (C=O) groups is 2. The lowest BCUT2D eigenvalue weighted by atomic mass is 9.92. The second kappa shape index (κ2) is 8.71. The Labute approximate surface area is 215 Å². The van der Waals surface area contributed by atoms with Crippen molar-refractivity contribution in [3.63, 3.8) is 0 Å². The molecule has 37 heavy (non-hydrogen) atoms.